The minimum absolute atomic E-state index is 0.310. The highest BCUT2D eigenvalue weighted by atomic mass is 32.2. The molecule has 6 nitrogen and oxygen atoms in total. The maximum Gasteiger partial charge on any atom is 0.216 e. The van der Waals surface area contributed by atoms with E-state index in [4.69, 9.17) is 10.2 Å². The number of aromatic amines is 1. The maximum absolute atomic E-state index is 5.57. The predicted molar refractivity (Wildman–Crippen MR) is 64.4 cm³/mol. The molecule has 3 rings (SSSR count). The van der Waals surface area contributed by atoms with Crippen LogP contribution in [0.1, 0.15) is 5.89 Å². The van der Waals surface area contributed by atoms with Crippen molar-refractivity contribution in [2.24, 2.45) is 0 Å². The summed E-state index contributed by atoms with van der Waals surface area (Å²) >= 11 is 1.42. The van der Waals surface area contributed by atoms with Crippen molar-refractivity contribution in [3.63, 3.8) is 0 Å². The van der Waals surface area contributed by atoms with Gasteiger partial charge in [0.15, 0.2) is 5.58 Å². The third-order valence-electron chi connectivity index (χ3n) is 2.15. The smallest absolute Gasteiger partial charge is 0.216 e. The van der Waals surface area contributed by atoms with Crippen molar-refractivity contribution >= 4 is 28.8 Å². The quantitative estimate of drug-likeness (QED) is 0.686. The molecule has 7 heteroatoms. The van der Waals surface area contributed by atoms with Crippen molar-refractivity contribution in [1.29, 1.82) is 0 Å². The number of nitrogens with one attached hydrogen (secondary N) is 1. The van der Waals surface area contributed by atoms with Gasteiger partial charge >= 0.3 is 0 Å². The fourth-order valence-electron chi connectivity index (χ4n) is 1.43. The van der Waals surface area contributed by atoms with Crippen LogP contribution in [0.3, 0.4) is 0 Å². The number of aromatic nitrogens is 4. The maximum atomic E-state index is 5.57. The van der Waals surface area contributed by atoms with Crippen LogP contribution in [0, 0.1) is 0 Å². The molecule has 0 atom stereocenters. The molecule has 0 aliphatic carbocycles. The van der Waals surface area contributed by atoms with E-state index in [-0.39, 0.29) is 0 Å². The lowest BCUT2D eigenvalue weighted by atomic mass is 10.3. The molecular weight excluding hydrogens is 238 g/mol. The Morgan fingerprint density at radius 3 is 2.94 bits per heavy atom. The number of H-pyrrole nitrogens is 1. The van der Waals surface area contributed by atoms with E-state index in [0.717, 1.165) is 11.1 Å². The number of fused-ring (bicyclic) bond motifs is 1. The lowest BCUT2D eigenvalue weighted by molar-refractivity contribution is 0.556. The summed E-state index contributed by atoms with van der Waals surface area (Å²) in [7, 11) is 0. The van der Waals surface area contributed by atoms with Gasteiger partial charge in [-0.15, -0.1) is 5.10 Å². The summed E-state index contributed by atoms with van der Waals surface area (Å²) in [4.78, 5) is 8.33. The Bertz CT molecular complexity index is 614. The monoisotopic (exact) mass is 247 g/mol. The molecule has 2 heterocycles. The Morgan fingerprint density at radius 2 is 2.18 bits per heavy atom. The third-order valence-corrected chi connectivity index (χ3v) is 2.98. The summed E-state index contributed by atoms with van der Waals surface area (Å²) in [5.41, 5.74) is 7.08. The first-order valence-corrected chi connectivity index (χ1v) is 5.95. The number of nitrogen functional groups attached to an aromatic ring is 1. The molecule has 0 spiro atoms. The fourth-order valence-corrected chi connectivity index (χ4v) is 2.08. The number of hydrogen-bond acceptors (Lipinski definition) is 6. The van der Waals surface area contributed by atoms with Crippen molar-refractivity contribution in [3.8, 4) is 0 Å². The summed E-state index contributed by atoms with van der Waals surface area (Å²) < 4.78 is 5.57. The van der Waals surface area contributed by atoms with Crippen molar-refractivity contribution in [3.05, 3.63) is 30.2 Å². The fraction of sp³-hybridized carbons (Fsp3) is 0.100. The Kier molecular flexibility index (Phi) is 2.45. The second kappa shape index (κ2) is 4.10. The van der Waals surface area contributed by atoms with Crippen molar-refractivity contribution < 1.29 is 4.42 Å². The van der Waals surface area contributed by atoms with Crippen LogP contribution in [0.2, 0.25) is 0 Å². The van der Waals surface area contributed by atoms with E-state index >= 15 is 0 Å². The Hall–Kier alpha value is -2.02. The van der Waals surface area contributed by atoms with Crippen LogP contribution in [0.4, 0.5) is 5.95 Å². The topological polar surface area (TPSA) is 93.6 Å². The van der Waals surface area contributed by atoms with Crippen LogP contribution in [0.15, 0.2) is 33.8 Å². The van der Waals surface area contributed by atoms with Gasteiger partial charge in [-0.3, -0.25) is 0 Å². The lowest BCUT2D eigenvalue weighted by Crippen LogP contribution is -1.85. The lowest BCUT2D eigenvalue weighted by Gasteiger charge is -1.89. The summed E-state index contributed by atoms with van der Waals surface area (Å²) in [5, 5.41) is 7.08. The third kappa shape index (κ3) is 2.09. The average molecular weight is 247 g/mol. The SMILES string of the molecule is Nc1nc(SCc2nc3ccccc3o2)n[nH]1. The second-order valence-corrected chi connectivity index (χ2v) is 4.31. The van der Waals surface area contributed by atoms with Gasteiger partial charge in [0.1, 0.15) is 5.52 Å². The second-order valence-electron chi connectivity index (χ2n) is 3.37. The van der Waals surface area contributed by atoms with Gasteiger partial charge in [0.05, 0.1) is 5.75 Å². The summed E-state index contributed by atoms with van der Waals surface area (Å²) in [5.74, 6) is 1.54. The Morgan fingerprint density at radius 1 is 1.29 bits per heavy atom. The summed E-state index contributed by atoms with van der Waals surface area (Å²) in [6.45, 7) is 0. The summed E-state index contributed by atoms with van der Waals surface area (Å²) in [6, 6.07) is 7.65. The molecular formula is C10H9N5OS. The largest absolute Gasteiger partial charge is 0.440 e. The van der Waals surface area contributed by atoms with Crippen molar-refractivity contribution in [2.75, 3.05) is 5.73 Å². The van der Waals surface area contributed by atoms with Gasteiger partial charge in [0.2, 0.25) is 17.0 Å². The van der Waals surface area contributed by atoms with Crippen LogP contribution in [-0.2, 0) is 5.75 Å². The first kappa shape index (κ1) is 10.2. The first-order valence-electron chi connectivity index (χ1n) is 4.96. The molecule has 86 valence electrons. The van der Waals surface area contributed by atoms with Gasteiger partial charge in [-0.1, -0.05) is 23.9 Å². The van der Waals surface area contributed by atoms with Crippen LogP contribution < -0.4 is 5.73 Å². The summed E-state index contributed by atoms with van der Waals surface area (Å²) in [6.07, 6.45) is 0. The van der Waals surface area contributed by atoms with Crippen molar-refractivity contribution in [1.82, 2.24) is 20.2 Å². The molecule has 3 N–H and O–H groups in total. The van der Waals surface area contributed by atoms with Gasteiger partial charge in [-0.2, -0.15) is 4.98 Å². The Balaban J connectivity index is 1.76. The number of hydrogen-bond donors (Lipinski definition) is 2. The molecule has 0 amide bonds. The van der Waals surface area contributed by atoms with Gasteiger partial charge in [0, 0.05) is 0 Å². The van der Waals surface area contributed by atoms with E-state index in [9.17, 15) is 0 Å². The van der Waals surface area contributed by atoms with E-state index in [1.165, 1.54) is 11.8 Å². The number of nitrogens with two attached hydrogens (primary N) is 1. The normalized spacial score (nSPS) is 11.1. The molecule has 0 aliphatic rings. The Labute approximate surface area is 101 Å². The zero-order chi connectivity index (χ0) is 11.7. The minimum Gasteiger partial charge on any atom is -0.440 e. The number of nitrogens with zero attached hydrogens (tertiary/aromatic N) is 3. The van der Waals surface area contributed by atoms with Gasteiger partial charge in [0.25, 0.3) is 0 Å². The highest BCUT2D eigenvalue weighted by Crippen LogP contribution is 2.22. The number of rotatable bonds is 3. The molecule has 1 aromatic carbocycles. The predicted octanol–water partition coefficient (Wildman–Crippen LogP) is 1.82. The van der Waals surface area contributed by atoms with E-state index in [2.05, 4.69) is 20.2 Å². The van der Waals surface area contributed by atoms with Crippen LogP contribution in [0.25, 0.3) is 11.1 Å². The highest BCUT2D eigenvalue weighted by Gasteiger charge is 2.07. The average Bonchev–Trinajstić information content (AvgIpc) is 2.91. The number of thioether (sulfide) groups is 1. The zero-order valence-corrected chi connectivity index (χ0v) is 9.57. The molecule has 2 aromatic heterocycles. The van der Waals surface area contributed by atoms with Crippen LogP contribution in [0.5, 0.6) is 0 Å². The number of oxazole rings is 1. The van der Waals surface area contributed by atoms with E-state index in [1.54, 1.807) is 0 Å². The standard InChI is InChI=1S/C10H9N5OS/c11-9-13-10(15-14-9)17-5-8-12-6-3-1-2-4-7(6)16-8/h1-4H,5H2,(H3,11,13,14,15). The van der Waals surface area contributed by atoms with Gasteiger partial charge in [-0.05, 0) is 12.1 Å². The minimum atomic E-state index is 0.310. The van der Waals surface area contributed by atoms with Crippen LogP contribution in [-0.4, -0.2) is 20.2 Å². The van der Waals surface area contributed by atoms with E-state index in [0.29, 0.717) is 22.7 Å². The molecule has 0 bridgehead atoms. The molecule has 17 heavy (non-hydrogen) atoms. The van der Waals surface area contributed by atoms with E-state index < -0.39 is 0 Å². The molecule has 0 aliphatic heterocycles. The highest BCUT2D eigenvalue weighted by molar-refractivity contribution is 7.98. The van der Waals surface area contributed by atoms with Crippen LogP contribution >= 0.6 is 11.8 Å². The van der Waals surface area contributed by atoms with Gasteiger partial charge in [-0.25, -0.2) is 10.1 Å². The molecule has 0 fully saturated rings. The van der Waals surface area contributed by atoms with E-state index in [1.807, 2.05) is 24.3 Å². The number of para-hydroxylation sites is 2. The first-order chi connectivity index (χ1) is 8.31. The molecule has 0 saturated heterocycles. The van der Waals surface area contributed by atoms with Crippen molar-refractivity contribution in [2.45, 2.75) is 10.9 Å². The number of benzene rings is 1. The number of anilines is 1. The molecule has 0 unspecified atom stereocenters. The zero-order valence-electron chi connectivity index (χ0n) is 8.75. The van der Waals surface area contributed by atoms with Gasteiger partial charge < -0.3 is 10.2 Å². The molecule has 0 radical (unpaired) electrons. The molecule has 3 aromatic rings. The molecule has 0 saturated carbocycles.